The Balaban J connectivity index is 1.76. The molecule has 30 heavy (non-hydrogen) atoms. The molecule has 0 spiro atoms. The molecular formula is C22H25N3O5. The Morgan fingerprint density at radius 2 is 1.67 bits per heavy atom. The number of hydrogen-bond donors (Lipinski definition) is 2. The van der Waals surface area contributed by atoms with E-state index in [0.29, 0.717) is 24.9 Å². The van der Waals surface area contributed by atoms with Crippen LogP contribution in [0, 0.1) is 0 Å². The monoisotopic (exact) mass is 411 g/mol. The average Bonchev–Trinajstić information content (AvgIpc) is 2.77. The fourth-order valence-corrected chi connectivity index (χ4v) is 3.20. The van der Waals surface area contributed by atoms with Gasteiger partial charge in [0, 0.05) is 13.1 Å². The molecule has 0 aliphatic rings. The van der Waals surface area contributed by atoms with Gasteiger partial charge in [0.1, 0.15) is 6.54 Å². The third kappa shape index (κ3) is 5.43. The molecule has 158 valence electrons. The topological polar surface area (TPSA) is 105 Å². The molecule has 0 aliphatic heterocycles. The quantitative estimate of drug-likeness (QED) is 0.480. The first-order valence-corrected chi connectivity index (χ1v) is 9.82. The van der Waals surface area contributed by atoms with E-state index in [1.165, 1.54) is 0 Å². The number of nitrogens with zero attached hydrogens (tertiary/aromatic N) is 2. The summed E-state index contributed by atoms with van der Waals surface area (Å²) in [6.07, 6.45) is 0.649. The smallest absolute Gasteiger partial charge is 0.273 e. The molecule has 3 rings (SSSR count). The number of amides is 1. The van der Waals surface area contributed by atoms with Gasteiger partial charge in [-0.25, -0.2) is 4.68 Å². The maximum absolute atomic E-state index is 12.9. The maximum atomic E-state index is 12.9. The number of ether oxygens (including phenoxy) is 1. The van der Waals surface area contributed by atoms with Gasteiger partial charge in [0.2, 0.25) is 5.91 Å². The summed E-state index contributed by atoms with van der Waals surface area (Å²) >= 11 is 0. The highest BCUT2D eigenvalue weighted by Gasteiger charge is 2.16. The lowest BCUT2D eigenvalue weighted by atomic mass is 10.1. The van der Waals surface area contributed by atoms with E-state index >= 15 is 0 Å². The van der Waals surface area contributed by atoms with Crippen molar-refractivity contribution in [1.82, 2.24) is 14.7 Å². The molecule has 0 atom stereocenters. The first-order valence-electron chi connectivity index (χ1n) is 9.82. The van der Waals surface area contributed by atoms with Gasteiger partial charge >= 0.3 is 0 Å². The highest BCUT2D eigenvalue weighted by Crippen LogP contribution is 2.05. The highest BCUT2D eigenvalue weighted by atomic mass is 16.5. The van der Waals surface area contributed by atoms with E-state index in [1.54, 1.807) is 29.2 Å². The standard InChI is InChI=1S/C22H25N3O5/c26-13-15-30-14-12-24(11-10-17-6-2-1-3-7-17)20(27)16-25-22(29)19-9-5-4-8-18(19)21(28)23-25/h1-9,26H,10-16H2,(H,23,28). The number of H-pyrrole nitrogens is 1. The van der Waals surface area contributed by atoms with Crippen LogP contribution in [0.3, 0.4) is 0 Å². The second-order valence-corrected chi connectivity index (χ2v) is 6.83. The lowest BCUT2D eigenvalue weighted by Crippen LogP contribution is -2.41. The number of rotatable bonds is 10. The number of nitrogens with one attached hydrogen (secondary N) is 1. The SMILES string of the molecule is O=C(Cn1[nH]c(=O)c2ccccc2c1=O)N(CCOCCO)CCc1ccccc1. The fourth-order valence-electron chi connectivity index (χ4n) is 3.20. The minimum Gasteiger partial charge on any atom is -0.394 e. The van der Waals surface area contributed by atoms with Crippen LogP contribution in [-0.2, 0) is 22.5 Å². The molecule has 1 heterocycles. The van der Waals surface area contributed by atoms with Crippen molar-refractivity contribution in [2.24, 2.45) is 0 Å². The summed E-state index contributed by atoms with van der Waals surface area (Å²) in [4.78, 5) is 39.5. The minimum atomic E-state index is -0.418. The number of carbonyl (C=O) groups excluding carboxylic acids is 1. The second kappa shape index (κ2) is 10.5. The van der Waals surface area contributed by atoms with Gasteiger partial charge in [0.05, 0.1) is 30.6 Å². The Bertz CT molecular complexity index is 1090. The number of benzene rings is 2. The minimum absolute atomic E-state index is 0.0916. The summed E-state index contributed by atoms with van der Waals surface area (Å²) in [5, 5.41) is 11.9. The zero-order chi connectivity index (χ0) is 21.3. The Morgan fingerprint density at radius 3 is 2.40 bits per heavy atom. The van der Waals surface area contributed by atoms with Gasteiger partial charge in [-0.2, -0.15) is 0 Å². The Hall–Kier alpha value is -3.23. The van der Waals surface area contributed by atoms with Crippen LogP contribution in [0.2, 0.25) is 0 Å². The molecule has 1 amide bonds. The van der Waals surface area contributed by atoms with Crippen LogP contribution >= 0.6 is 0 Å². The molecule has 0 saturated heterocycles. The van der Waals surface area contributed by atoms with Crippen LogP contribution in [0.25, 0.3) is 10.8 Å². The van der Waals surface area contributed by atoms with Gasteiger partial charge in [-0.1, -0.05) is 42.5 Å². The number of aromatic nitrogens is 2. The first kappa shape index (κ1) is 21.5. The molecule has 0 unspecified atom stereocenters. The Morgan fingerprint density at radius 1 is 0.967 bits per heavy atom. The third-order valence-corrected chi connectivity index (χ3v) is 4.78. The predicted molar refractivity (Wildman–Crippen MR) is 113 cm³/mol. The van der Waals surface area contributed by atoms with Crippen molar-refractivity contribution < 1.29 is 14.6 Å². The zero-order valence-electron chi connectivity index (χ0n) is 16.6. The summed E-state index contributed by atoms with van der Waals surface area (Å²) in [7, 11) is 0. The van der Waals surface area contributed by atoms with Crippen LogP contribution in [0.5, 0.6) is 0 Å². The van der Waals surface area contributed by atoms with E-state index in [9.17, 15) is 14.4 Å². The largest absolute Gasteiger partial charge is 0.394 e. The van der Waals surface area contributed by atoms with Crippen molar-refractivity contribution in [3.63, 3.8) is 0 Å². The third-order valence-electron chi connectivity index (χ3n) is 4.78. The molecule has 8 heteroatoms. The van der Waals surface area contributed by atoms with Crippen LogP contribution < -0.4 is 11.1 Å². The van der Waals surface area contributed by atoms with Crippen molar-refractivity contribution >= 4 is 16.7 Å². The van der Waals surface area contributed by atoms with E-state index in [-0.39, 0.29) is 37.7 Å². The number of aliphatic hydroxyl groups is 1. The maximum Gasteiger partial charge on any atom is 0.273 e. The van der Waals surface area contributed by atoms with E-state index in [4.69, 9.17) is 9.84 Å². The molecule has 0 fully saturated rings. The van der Waals surface area contributed by atoms with Gasteiger partial charge in [-0.15, -0.1) is 0 Å². The van der Waals surface area contributed by atoms with E-state index < -0.39 is 11.1 Å². The molecule has 3 aromatic rings. The van der Waals surface area contributed by atoms with Gasteiger partial charge < -0.3 is 14.7 Å². The molecule has 1 aromatic heterocycles. The van der Waals surface area contributed by atoms with Crippen LogP contribution in [-0.4, -0.2) is 58.6 Å². The summed E-state index contributed by atoms with van der Waals surface area (Å²) in [5.74, 6) is -0.299. The molecule has 8 nitrogen and oxygen atoms in total. The predicted octanol–water partition coefficient (Wildman–Crippen LogP) is 0.770. The highest BCUT2D eigenvalue weighted by molar-refractivity contribution is 5.81. The van der Waals surface area contributed by atoms with Crippen LogP contribution in [0.1, 0.15) is 5.56 Å². The van der Waals surface area contributed by atoms with Crippen LogP contribution in [0.4, 0.5) is 0 Å². The van der Waals surface area contributed by atoms with Crippen molar-refractivity contribution in [2.45, 2.75) is 13.0 Å². The average molecular weight is 411 g/mol. The van der Waals surface area contributed by atoms with Gasteiger partial charge in [0.15, 0.2) is 0 Å². The van der Waals surface area contributed by atoms with Crippen molar-refractivity contribution in [3.8, 4) is 0 Å². The summed E-state index contributed by atoms with van der Waals surface area (Å²) in [6.45, 7) is 0.859. The molecule has 0 radical (unpaired) electrons. The Labute approximate surface area is 173 Å². The Kier molecular flexibility index (Phi) is 7.53. The first-order chi connectivity index (χ1) is 14.6. The number of aromatic amines is 1. The fraction of sp³-hybridized carbons (Fsp3) is 0.318. The number of hydrogen-bond acceptors (Lipinski definition) is 5. The molecule has 0 bridgehead atoms. The van der Waals surface area contributed by atoms with Crippen molar-refractivity contribution in [2.75, 3.05) is 32.9 Å². The molecule has 0 saturated carbocycles. The summed E-state index contributed by atoms with van der Waals surface area (Å²) in [5.41, 5.74) is 0.251. The van der Waals surface area contributed by atoms with Crippen molar-refractivity contribution in [1.29, 1.82) is 0 Å². The molecule has 2 aromatic carbocycles. The lowest BCUT2D eigenvalue weighted by Gasteiger charge is -2.23. The lowest BCUT2D eigenvalue weighted by molar-refractivity contribution is -0.132. The molecule has 2 N–H and O–H groups in total. The number of fused-ring (bicyclic) bond motifs is 1. The normalized spacial score (nSPS) is 11.0. The number of aliphatic hydroxyl groups excluding tert-OH is 1. The van der Waals surface area contributed by atoms with Crippen LogP contribution in [0.15, 0.2) is 64.2 Å². The second-order valence-electron chi connectivity index (χ2n) is 6.83. The van der Waals surface area contributed by atoms with E-state index in [1.807, 2.05) is 30.3 Å². The zero-order valence-corrected chi connectivity index (χ0v) is 16.6. The van der Waals surface area contributed by atoms with Gasteiger partial charge in [0.25, 0.3) is 11.1 Å². The van der Waals surface area contributed by atoms with Crippen molar-refractivity contribution in [3.05, 3.63) is 80.9 Å². The van der Waals surface area contributed by atoms with Gasteiger partial charge in [-0.3, -0.25) is 19.5 Å². The summed E-state index contributed by atoms with van der Waals surface area (Å²) < 4.78 is 6.35. The van der Waals surface area contributed by atoms with Gasteiger partial charge in [-0.05, 0) is 24.1 Å². The van der Waals surface area contributed by atoms with E-state index in [0.717, 1.165) is 10.2 Å². The molecule has 0 aliphatic carbocycles. The van der Waals surface area contributed by atoms with E-state index in [2.05, 4.69) is 5.10 Å². The number of carbonyl (C=O) groups is 1. The molecular weight excluding hydrogens is 386 g/mol. The summed E-state index contributed by atoms with van der Waals surface area (Å²) in [6, 6.07) is 16.3.